The summed E-state index contributed by atoms with van der Waals surface area (Å²) in [6, 6.07) is 7.06. The highest BCUT2D eigenvalue weighted by molar-refractivity contribution is 7.09. The Morgan fingerprint density at radius 2 is 1.73 bits per heavy atom. The summed E-state index contributed by atoms with van der Waals surface area (Å²) >= 11 is 1.46. The Balaban J connectivity index is 1.57. The number of amides is 2. The topological polar surface area (TPSA) is 88.8 Å². The highest BCUT2D eigenvalue weighted by Crippen LogP contribution is 2.16. The van der Waals surface area contributed by atoms with Gasteiger partial charge in [-0.1, -0.05) is 0 Å². The molecule has 0 spiro atoms. The number of nitrogens with two attached hydrogens (primary N) is 1. The minimum absolute atomic E-state index is 0.0290. The van der Waals surface area contributed by atoms with E-state index in [9.17, 15) is 9.59 Å². The smallest absolute Gasteiger partial charge is 0.273 e. The van der Waals surface area contributed by atoms with E-state index in [0.29, 0.717) is 56.2 Å². The quantitative estimate of drug-likeness (QED) is 0.851. The van der Waals surface area contributed by atoms with E-state index in [1.807, 2.05) is 0 Å². The van der Waals surface area contributed by atoms with E-state index in [2.05, 4.69) is 4.98 Å². The third kappa shape index (κ3) is 4.03. The van der Waals surface area contributed by atoms with Crippen LogP contribution in [0.1, 0.15) is 25.9 Å². The van der Waals surface area contributed by atoms with Crippen LogP contribution in [0.2, 0.25) is 0 Å². The maximum absolute atomic E-state index is 12.6. The van der Waals surface area contributed by atoms with Crippen molar-refractivity contribution >= 4 is 23.2 Å². The highest BCUT2D eigenvalue weighted by atomic mass is 32.1. The number of ether oxygens (including phenoxy) is 1. The van der Waals surface area contributed by atoms with E-state index < -0.39 is 0 Å². The van der Waals surface area contributed by atoms with Crippen LogP contribution in [0.15, 0.2) is 29.6 Å². The zero-order valence-electron chi connectivity index (χ0n) is 14.7. The molecule has 1 aliphatic heterocycles. The summed E-state index contributed by atoms with van der Waals surface area (Å²) in [7, 11) is 1.59. The van der Waals surface area contributed by atoms with Gasteiger partial charge in [0.05, 0.1) is 12.1 Å². The zero-order valence-corrected chi connectivity index (χ0v) is 15.5. The summed E-state index contributed by atoms with van der Waals surface area (Å²) in [5.74, 6) is 0.606. The molecule has 0 saturated carbocycles. The molecule has 7 nitrogen and oxygen atoms in total. The van der Waals surface area contributed by atoms with Crippen LogP contribution in [0.25, 0.3) is 0 Å². The number of aromatic nitrogens is 1. The van der Waals surface area contributed by atoms with Crippen molar-refractivity contribution in [3.8, 4) is 5.75 Å². The Kier molecular flexibility index (Phi) is 5.85. The molecule has 1 aromatic heterocycles. The summed E-state index contributed by atoms with van der Waals surface area (Å²) in [5, 5.41) is 2.66. The third-order valence-corrected chi connectivity index (χ3v) is 5.23. The van der Waals surface area contributed by atoms with Gasteiger partial charge in [0.1, 0.15) is 11.4 Å². The lowest BCUT2D eigenvalue weighted by atomic mass is 10.1. The molecule has 0 aliphatic carbocycles. The van der Waals surface area contributed by atoms with Crippen molar-refractivity contribution in [3.05, 3.63) is 45.9 Å². The van der Waals surface area contributed by atoms with Gasteiger partial charge in [-0.25, -0.2) is 4.98 Å². The van der Waals surface area contributed by atoms with E-state index >= 15 is 0 Å². The first-order valence-electron chi connectivity index (χ1n) is 8.49. The number of benzene rings is 1. The number of hydrogen-bond donors (Lipinski definition) is 1. The summed E-state index contributed by atoms with van der Waals surface area (Å²) in [5.41, 5.74) is 6.61. The second-order valence-electron chi connectivity index (χ2n) is 5.98. The summed E-state index contributed by atoms with van der Waals surface area (Å²) in [6.07, 6.45) is 0.683. The van der Waals surface area contributed by atoms with Gasteiger partial charge in [0.15, 0.2) is 0 Å². The molecule has 0 unspecified atom stereocenters. The number of hydrogen-bond acceptors (Lipinski definition) is 6. The molecule has 0 radical (unpaired) electrons. The van der Waals surface area contributed by atoms with E-state index in [0.717, 1.165) is 5.01 Å². The second kappa shape index (κ2) is 8.29. The SMILES string of the molecule is COc1ccc(C(=O)N2CCN(C(=O)c3csc(CCN)n3)CC2)cc1. The van der Waals surface area contributed by atoms with Crippen molar-refractivity contribution in [3.63, 3.8) is 0 Å². The van der Waals surface area contributed by atoms with Crippen LogP contribution in [-0.2, 0) is 6.42 Å². The van der Waals surface area contributed by atoms with Gasteiger partial charge < -0.3 is 20.3 Å². The second-order valence-corrected chi connectivity index (χ2v) is 6.92. The molecule has 2 amide bonds. The number of nitrogens with zero attached hydrogens (tertiary/aromatic N) is 3. The van der Waals surface area contributed by atoms with Crippen LogP contribution in [0.5, 0.6) is 5.75 Å². The van der Waals surface area contributed by atoms with Crippen molar-refractivity contribution in [2.45, 2.75) is 6.42 Å². The van der Waals surface area contributed by atoms with Crippen LogP contribution < -0.4 is 10.5 Å². The normalized spacial score (nSPS) is 14.4. The fourth-order valence-corrected chi connectivity index (χ4v) is 3.63. The minimum atomic E-state index is -0.0823. The molecule has 2 N–H and O–H groups in total. The molecular formula is C18H22N4O3S. The van der Waals surface area contributed by atoms with Crippen LogP contribution in [0.4, 0.5) is 0 Å². The molecule has 2 heterocycles. The van der Waals surface area contributed by atoms with Gasteiger partial charge in [0.25, 0.3) is 11.8 Å². The lowest BCUT2D eigenvalue weighted by Gasteiger charge is -2.34. The maximum Gasteiger partial charge on any atom is 0.273 e. The first kappa shape index (κ1) is 18.3. The average Bonchev–Trinajstić information content (AvgIpc) is 3.16. The Bertz CT molecular complexity index is 767. The summed E-state index contributed by atoms with van der Waals surface area (Å²) in [4.78, 5) is 33.0. The monoisotopic (exact) mass is 374 g/mol. The molecule has 138 valence electrons. The van der Waals surface area contributed by atoms with E-state index in [4.69, 9.17) is 10.5 Å². The van der Waals surface area contributed by atoms with Crippen molar-refractivity contribution in [2.24, 2.45) is 5.73 Å². The first-order chi connectivity index (χ1) is 12.6. The van der Waals surface area contributed by atoms with Gasteiger partial charge in [0.2, 0.25) is 0 Å². The lowest BCUT2D eigenvalue weighted by Crippen LogP contribution is -2.50. The van der Waals surface area contributed by atoms with Gasteiger partial charge in [-0.05, 0) is 30.8 Å². The molecule has 8 heteroatoms. The minimum Gasteiger partial charge on any atom is -0.497 e. The number of thiazole rings is 1. The Hall–Kier alpha value is -2.45. The number of methoxy groups -OCH3 is 1. The van der Waals surface area contributed by atoms with Crippen molar-refractivity contribution < 1.29 is 14.3 Å². The van der Waals surface area contributed by atoms with E-state index in [-0.39, 0.29) is 11.8 Å². The Labute approximate surface area is 156 Å². The molecule has 0 atom stereocenters. The number of piperazine rings is 1. The van der Waals surface area contributed by atoms with Crippen molar-refractivity contribution in [1.29, 1.82) is 0 Å². The summed E-state index contributed by atoms with van der Waals surface area (Å²) in [6.45, 7) is 2.55. The lowest BCUT2D eigenvalue weighted by molar-refractivity contribution is 0.0532. The molecular weight excluding hydrogens is 352 g/mol. The number of carbonyl (C=O) groups is 2. The standard InChI is InChI=1S/C18H22N4O3S/c1-25-14-4-2-13(3-5-14)17(23)21-8-10-22(11-9-21)18(24)15-12-26-16(20-15)6-7-19/h2-5,12H,6-11,19H2,1H3. The van der Waals surface area contributed by atoms with Gasteiger partial charge >= 0.3 is 0 Å². The van der Waals surface area contributed by atoms with Crippen LogP contribution in [0.3, 0.4) is 0 Å². The molecule has 3 rings (SSSR count). The zero-order chi connectivity index (χ0) is 18.5. The van der Waals surface area contributed by atoms with Crippen LogP contribution in [0, 0.1) is 0 Å². The molecule has 26 heavy (non-hydrogen) atoms. The fourth-order valence-electron chi connectivity index (χ4n) is 2.84. The van der Waals surface area contributed by atoms with Crippen LogP contribution >= 0.6 is 11.3 Å². The predicted octanol–water partition coefficient (Wildman–Crippen LogP) is 1.25. The third-order valence-electron chi connectivity index (χ3n) is 4.32. The molecule has 0 bridgehead atoms. The van der Waals surface area contributed by atoms with Gasteiger partial charge in [-0.2, -0.15) is 0 Å². The average molecular weight is 374 g/mol. The van der Waals surface area contributed by atoms with Gasteiger partial charge in [0, 0.05) is 43.5 Å². The molecule has 1 aliphatic rings. The van der Waals surface area contributed by atoms with Crippen molar-refractivity contribution in [1.82, 2.24) is 14.8 Å². The first-order valence-corrected chi connectivity index (χ1v) is 9.37. The fraction of sp³-hybridized carbons (Fsp3) is 0.389. The predicted molar refractivity (Wildman–Crippen MR) is 99.7 cm³/mol. The van der Waals surface area contributed by atoms with E-state index in [1.165, 1.54) is 11.3 Å². The van der Waals surface area contributed by atoms with Gasteiger partial charge in [-0.3, -0.25) is 9.59 Å². The Morgan fingerprint density at radius 1 is 1.12 bits per heavy atom. The van der Waals surface area contributed by atoms with Gasteiger partial charge in [-0.15, -0.1) is 11.3 Å². The van der Waals surface area contributed by atoms with E-state index in [1.54, 1.807) is 46.6 Å². The van der Waals surface area contributed by atoms with Crippen molar-refractivity contribution in [2.75, 3.05) is 39.8 Å². The molecule has 1 saturated heterocycles. The number of rotatable bonds is 5. The number of carbonyl (C=O) groups excluding carboxylic acids is 2. The van der Waals surface area contributed by atoms with Crippen LogP contribution in [-0.4, -0.2) is 66.4 Å². The molecule has 2 aromatic rings. The highest BCUT2D eigenvalue weighted by Gasteiger charge is 2.26. The summed E-state index contributed by atoms with van der Waals surface area (Å²) < 4.78 is 5.11. The molecule has 1 aromatic carbocycles. The molecule has 1 fully saturated rings. The largest absolute Gasteiger partial charge is 0.497 e. The Morgan fingerprint density at radius 3 is 2.31 bits per heavy atom. The maximum atomic E-state index is 12.6.